The fourth-order valence-corrected chi connectivity index (χ4v) is 4.11. The van der Waals surface area contributed by atoms with Gasteiger partial charge in [0.25, 0.3) is 0 Å². The monoisotopic (exact) mass is 217 g/mol. The first-order valence-corrected chi connectivity index (χ1v) is 7.20. The number of hydrogen-bond acceptors (Lipinski definition) is 2. The van der Waals surface area contributed by atoms with Gasteiger partial charge in [-0.1, -0.05) is 25.7 Å². The topological polar surface area (TPSA) is 60.2 Å². The molecule has 2 rings (SSSR count). The fourth-order valence-electron chi connectivity index (χ4n) is 3.13. The lowest BCUT2D eigenvalue weighted by Crippen LogP contribution is -2.37. The molecule has 0 aromatic rings. The zero-order valence-electron chi connectivity index (χ0n) is 8.48. The molecule has 0 aromatic carbocycles. The van der Waals surface area contributed by atoms with Crippen molar-refractivity contribution in [2.75, 3.05) is 0 Å². The van der Waals surface area contributed by atoms with E-state index in [1.165, 1.54) is 25.7 Å². The number of primary sulfonamides is 1. The molecule has 0 saturated heterocycles. The van der Waals surface area contributed by atoms with Gasteiger partial charge in [-0.3, -0.25) is 0 Å². The molecule has 4 heteroatoms. The van der Waals surface area contributed by atoms with Crippen LogP contribution in [0, 0.1) is 11.8 Å². The van der Waals surface area contributed by atoms with Gasteiger partial charge < -0.3 is 0 Å². The Hall–Kier alpha value is -0.0900. The van der Waals surface area contributed by atoms with E-state index in [1.54, 1.807) is 0 Å². The molecule has 3 nitrogen and oxygen atoms in total. The smallest absolute Gasteiger partial charge is 0.211 e. The number of hydrogen-bond donors (Lipinski definition) is 1. The predicted octanol–water partition coefficient (Wildman–Crippen LogP) is 1.63. The number of sulfonamides is 1. The van der Waals surface area contributed by atoms with Gasteiger partial charge in [0.05, 0.1) is 5.25 Å². The van der Waals surface area contributed by atoms with Crippen molar-refractivity contribution in [3.05, 3.63) is 0 Å². The summed E-state index contributed by atoms with van der Waals surface area (Å²) in [5.74, 6) is 1.43. The highest BCUT2D eigenvalue weighted by Gasteiger charge is 2.36. The number of nitrogens with two attached hydrogens (primary N) is 1. The molecule has 2 saturated carbocycles. The summed E-state index contributed by atoms with van der Waals surface area (Å²) in [7, 11) is -3.28. The van der Waals surface area contributed by atoms with Gasteiger partial charge in [-0.2, -0.15) is 0 Å². The van der Waals surface area contributed by atoms with E-state index in [0.29, 0.717) is 5.92 Å². The molecule has 0 spiro atoms. The molecular weight excluding hydrogens is 198 g/mol. The molecule has 0 aliphatic heterocycles. The average molecular weight is 217 g/mol. The molecule has 0 radical (unpaired) electrons. The van der Waals surface area contributed by atoms with Crippen LogP contribution < -0.4 is 5.14 Å². The summed E-state index contributed by atoms with van der Waals surface area (Å²) in [5, 5.41) is 4.96. The maximum atomic E-state index is 11.2. The average Bonchev–Trinajstić information content (AvgIpc) is 2.16. The van der Waals surface area contributed by atoms with Gasteiger partial charge >= 0.3 is 0 Å². The maximum absolute atomic E-state index is 11.2. The minimum absolute atomic E-state index is 0.248. The van der Waals surface area contributed by atoms with Crippen LogP contribution in [0.3, 0.4) is 0 Å². The molecular formula is C10H19NO2S. The standard InChI is InChI=1S/C10H19NO2S/c11-14(12,13)10-6-5-8-3-1-2-4-9(8)7-10/h8-10H,1-7H2,(H2,11,12,13). The Morgan fingerprint density at radius 1 is 0.929 bits per heavy atom. The van der Waals surface area contributed by atoms with Crippen LogP contribution in [0.4, 0.5) is 0 Å². The third-order valence-corrected chi connectivity index (χ3v) is 5.31. The van der Waals surface area contributed by atoms with Crippen molar-refractivity contribution in [2.45, 2.75) is 50.2 Å². The van der Waals surface area contributed by atoms with Gasteiger partial charge in [0, 0.05) is 0 Å². The number of fused-ring (bicyclic) bond motifs is 1. The van der Waals surface area contributed by atoms with Gasteiger partial charge in [0.2, 0.25) is 10.0 Å². The van der Waals surface area contributed by atoms with Gasteiger partial charge in [-0.25, -0.2) is 13.6 Å². The van der Waals surface area contributed by atoms with Crippen LogP contribution in [0.25, 0.3) is 0 Å². The highest BCUT2D eigenvalue weighted by atomic mass is 32.2. The summed E-state index contributed by atoms with van der Waals surface area (Å²) >= 11 is 0. The van der Waals surface area contributed by atoms with Crippen LogP contribution in [0.15, 0.2) is 0 Å². The summed E-state index contributed by atoms with van der Waals surface area (Å²) in [6.45, 7) is 0. The Bertz CT molecular complexity index is 299. The largest absolute Gasteiger partial charge is 0.228 e. The summed E-state index contributed by atoms with van der Waals surface area (Å²) in [4.78, 5) is 0. The molecule has 0 aromatic heterocycles. The molecule has 3 unspecified atom stereocenters. The maximum Gasteiger partial charge on any atom is 0.211 e. The SMILES string of the molecule is NS(=O)(=O)C1CCC2CCCCC2C1. The summed E-state index contributed by atoms with van der Waals surface area (Å²) in [6.07, 6.45) is 7.83. The van der Waals surface area contributed by atoms with E-state index in [2.05, 4.69) is 0 Å². The molecule has 2 fully saturated rings. The molecule has 0 heterocycles. The van der Waals surface area contributed by atoms with E-state index in [1.807, 2.05) is 0 Å². The molecule has 82 valence electrons. The summed E-state index contributed by atoms with van der Waals surface area (Å²) in [5.41, 5.74) is 0. The van der Waals surface area contributed by atoms with Crippen molar-refractivity contribution in [3.8, 4) is 0 Å². The highest BCUT2D eigenvalue weighted by Crippen LogP contribution is 2.41. The molecule has 3 atom stereocenters. The van der Waals surface area contributed by atoms with Crippen LogP contribution in [-0.2, 0) is 10.0 Å². The van der Waals surface area contributed by atoms with Crippen LogP contribution >= 0.6 is 0 Å². The first-order chi connectivity index (χ1) is 6.57. The summed E-state index contributed by atoms with van der Waals surface area (Å²) < 4.78 is 22.5. The lowest BCUT2D eigenvalue weighted by Gasteiger charge is -2.38. The Morgan fingerprint density at radius 2 is 1.57 bits per heavy atom. The quantitative estimate of drug-likeness (QED) is 0.725. The van der Waals surface area contributed by atoms with E-state index in [9.17, 15) is 8.42 Å². The molecule has 0 bridgehead atoms. The lowest BCUT2D eigenvalue weighted by molar-refractivity contribution is 0.173. The first kappa shape index (κ1) is 10.4. The second-order valence-electron chi connectivity index (χ2n) is 4.83. The Morgan fingerprint density at radius 3 is 2.21 bits per heavy atom. The predicted molar refractivity (Wildman–Crippen MR) is 56.2 cm³/mol. The molecule has 2 aliphatic rings. The highest BCUT2D eigenvalue weighted by molar-refractivity contribution is 7.89. The van der Waals surface area contributed by atoms with E-state index in [-0.39, 0.29) is 5.25 Å². The Labute approximate surface area is 86.1 Å². The summed E-state index contributed by atoms with van der Waals surface area (Å²) in [6, 6.07) is 0. The Balaban J connectivity index is 2.03. The van der Waals surface area contributed by atoms with E-state index in [0.717, 1.165) is 25.2 Å². The minimum atomic E-state index is -3.28. The first-order valence-electron chi connectivity index (χ1n) is 5.59. The second-order valence-corrected chi connectivity index (χ2v) is 6.67. The molecule has 14 heavy (non-hydrogen) atoms. The normalized spacial score (nSPS) is 39.1. The Kier molecular flexibility index (Phi) is 2.84. The van der Waals surface area contributed by atoms with Gasteiger partial charge in [-0.15, -0.1) is 0 Å². The van der Waals surface area contributed by atoms with Crippen LogP contribution in [0.1, 0.15) is 44.9 Å². The molecule has 2 aliphatic carbocycles. The third kappa shape index (κ3) is 2.11. The molecule has 2 N–H and O–H groups in total. The van der Waals surface area contributed by atoms with Crippen molar-refractivity contribution in [1.29, 1.82) is 0 Å². The third-order valence-electron chi connectivity index (χ3n) is 3.96. The van der Waals surface area contributed by atoms with Crippen LogP contribution in [-0.4, -0.2) is 13.7 Å². The number of rotatable bonds is 1. The van der Waals surface area contributed by atoms with E-state index in [4.69, 9.17) is 5.14 Å². The van der Waals surface area contributed by atoms with Crippen molar-refractivity contribution < 1.29 is 8.42 Å². The van der Waals surface area contributed by atoms with Crippen molar-refractivity contribution in [3.63, 3.8) is 0 Å². The van der Waals surface area contributed by atoms with Crippen LogP contribution in [0.5, 0.6) is 0 Å². The van der Waals surface area contributed by atoms with Crippen molar-refractivity contribution in [1.82, 2.24) is 0 Å². The zero-order chi connectivity index (χ0) is 10.2. The van der Waals surface area contributed by atoms with Crippen molar-refractivity contribution in [2.24, 2.45) is 17.0 Å². The second kappa shape index (κ2) is 3.81. The fraction of sp³-hybridized carbons (Fsp3) is 1.00. The van der Waals surface area contributed by atoms with Crippen LogP contribution in [0.2, 0.25) is 0 Å². The minimum Gasteiger partial charge on any atom is -0.228 e. The van der Waals surface area contributed by atoms with E-state index < -0.39 is 10.0 Å². The lowest BCUT2D eigenvalue weighted by atomic mass is 9.71. The van der Waals surface area contributed by atoms with Gasteiger partial charge in [0.15, 0.2) is 0 Å². The molecule has 0 amide bonds. The van der Waals surface area contributed by atoms with Gasteiger partial charge in [-0.05, 0) is 31.1 Å². The van der Waals surface area contributed by atoms with Gasteiger partial charge in [0.1, 0.15) is 0 Å². The van der Waals surface area contributed by atoms with E-state index >= 15 is 0 Å². The zero-order valence-corrected chi connectivity index (χ0v) is 9.30. The van der Waals surface area contributed by atoms with Crippen molar-refractivity contribution >= 4 is 10.0 Å².